The lowest BCUT2D eigenvalue weighted by molar-refractivity contribution is -0.284. The van der Waals surface area contributed by atoms with E-state index in [9.17, 15) is 40.0 Å². The largest absolute Gasteiger partial charge is 0.616 e. The third kappa shape index (κ3) is 11.6. The van der Waals surface area contributed by atoms with E-state index in [1.165, 1.54) is 11.8 Å². The van der Waals surface area contributed by atoms with Crippen LogP contribution in [0.2, 0.25) is 0 Å². The van der Waals surface area contributed by atoms with E-state index in [2.05, 4.69) is 4.90 Å². The summed E-state index contributed by atoms with van der Waals surface area (Å²) in [4.78, 5) is 2.40. The highest BCUT2D eigenvalue weighted by atomic mass is 32.2. The molecule has 1 aliphatic carbocycles. The van der Waals surface area contributed by atoms with Gasteiger partial charge in [0, 0.05) is 25.6 Å². The molecule has 3 rings (SSSR count). The maximum absolute atomic E-state index is 13.0. The molecule has 0 aliphatic heterocycles. The molecule has 1 aliphatic rings. The number of halogens is 5. The number of phenols is 1. The van der Waals surface area contributed by atoms with Crippen LogP contribution in [0.25, 0.3) is 11.1 Å². The lowest BCUT2D eigenvalue weighted by atomic mass is 9.89. The van der Waals surface area contributed by atoms with E-state index >= 15 is 0 Å². The van der Waals surface area contributed by atoms with Gasteiger partial charge < -0.3 is 14.6 Å². The number of alkyl halides is 5. The van der Waals surface area contributed by atoms with Gasteiger partial charge in [-0.15, -0.1) is 0 Å². The number of aromatic hydroxyl groups is 1. The first-order chi connectivity index (χ1) is 21.1. The van der Waals surface area contributed by atoms with Crippen molar-refractivity contribution >= 4 is 32.2 Å². The molecule has 0 spiro atoms. The van der Waals surface area contributed by atoms with Gasteiger partial charge in [-0.05, 0) is 111 Å². The molecule has 0 heterocycles. The first-order valence-electron chi connectivity index (χ1n) is 15.4. The summed E-state index contributed by atoms with van der Waals surface area (Å²) in [6, 6.07) is 12.6. The Morgan fingerprint density at radius 3 is 2.31 bits per heavy atom. The van der Waals surface area contributed by atoms with E-state index in [-0.39, 0.29) is 17.3 Å². The fourth-order valence-electron chi connectivity index (χ4n) is 5.71. The Kier molecular flexibility index (Phi) is 13.8. The Labute approximate surface area is 267 Å². The smallest absolute Gasteiger partial charge is 0.453 e. The van der Waals surface area contributed by atoms with Crippen LogP contribution in [0.15, 0.2) is 47.4 Å². The molecule has 0 saturated heterocycles. The zero-order valence-electron chi connectivity index (χ0n) is 26.0. The molecule has 2 aromatic carbocycles. The summed E-state index contributed by atoms with van der Waals surface area (Å²) in [7, 11) is -1.40. The van der Waals surface area contributed by atoms with Gasteiger partial charge in [0.2, 0.25) is 0 Å². The van der Waals surface area contributed by atoms with E-state index in [1.54, 1.807) is 24.3 Å². The van der Waals surface area contributed by atoms with Gasteiger partial charge in [-0.3, -0.25) is 0 Å². The van der Waals surface area contributed by atoms with Crippen LogP contribution in [0, 0.1) is 0 Å². The maximum Gasteiger partial charge on any atom is 0.453 e. The van der Waals surface area contributed by atoms with Crippen LogP contribution in [-0.4, -0.2) is 73.0 Å². The number of hydrogen-bond donors (Lipinski definition) is 1. The van der Waals surface area contributed by atoms with Crippen molar-refractivity contribution < 1.29 is 40.0 Å². The molecule has 0 amide bonds. The van der Waals surface area contributed by atoms with Gasteiger partial charge in [-0.25, -0.2) is 8.42 Å². The number of hydrogen-bond acceptors (Lipinski definition) is 5. The lowest BCUT2D eigenvalue weighted by Crippen LogP contribution is -2.36. The van der Waals surface area contributed by atoms with E-state index < -0.39 is 46.0 Å². The molecule has 45 heavy (non-hydrogen) atoms. The Morgan fingerprint density at radius 2 is 1.60 bits per heavy atom. The van der Waals surface area contributed by atoms with Crippen LogP contribution in [-0.2, 0) is 27.4 Å². The molecule has 0 fully saturated rings. The maximum atomic E-state index is 13.0. The zero-order chi connectivity index (χ0) is 33.3. The van der Waals surface area contributed by atoms with Crippen LogP contribution in [0.3, 0.4) is 0 Å². The van der Waals surface area contributed by atoms with Gasteiger partial charge in [-0.2, -0.15) is 22.0 Å². The number of sulfone groups is 1. The van der Waals surface area contributed by atoms with Crippen LogP contribution in [0.1, 0.15) is 80.9 Å². The molecule has 12 heteroatoms. The fraction of sp³-hybridized carbons (Fsp3) is 0.576. The van der Waals surface area contributed by atoms with Gasteiger partial charge in [0.25, 0.3) is 0 Å². The molecule has 0 aromatic heterocycles. The van der Waals surface area contributed by atoms with Crippen LogP contribution >= 0.6 is 0 Å². The first-order valence-corrected chi connectivity index (χ1v) is 18.8. The number of allylic oxidation sites excluding steroid dienone is 2. The normalized spacial score (nSPS) is 15.3. The molecule has 252 valence electrons. The topological polar surface area (TPSA) is 80.7 Å². The Hall–Kier alpha value is -2.15. The summed E-state index contributed by atoms with van der Waals surface area (Å²) in [5, 5.41) is 10.1. The molecular weight excluding hydrogens is 633 g/mol. The second-order valence-electron chi connectivity index (χ2n) is 11.9. The standard InChI is InChI=1S/C33H44F5NO4S2/c1-39(20-10-22-44(41)21-9-18-32(34,35)33(36,37)38)19-6-4-3-5-14-31-29(26-11-7-13-28(24-26)45(2,42)43)15-8-12-25-23-27(40)16-17-30(25)31/h7,11,13,16-17,23-24,40H,3-6,8-10,12,14-15,18-22H2,1-2H3. The zero-order valence-corrected chi connectivity index (χ0v) is 27.6. The van der Waals surface area contributed by atoms with Crippen LogP contribution in [0.5, 0.6) is 5.75 Å². The lowest BCUT2D eigenvalue weighted by Gasteiger charge is -2.20. The fourth-order valence-corrected chi connectivity index (χ4v) is 7.50. The van der Waals surface area contributed by atoms with E-state index in [0.29, 0.717) is 17.9 Å². The van der Waals surface area contributed by atoms with Crippen molar-refractivity contribution in [3.05, 3.63) is 59.2 Å². The van der Waals surface area contributed by atoms with Gasteiger partial charge in [0.1, 0.15) is 17.3 Å². The van der Waals surface area contributed by atoms with E-state index in [4.69, 9.17) is 0 Å². The summed E-state index contributed by atoms with van der Waals surface area (Å²) < 4.78 is 99.3. The molecule has 1 atom stereocenters. The summed E-state index contributed by atoms with van der Waals surface area (Å²) in [6.07, 6.45) is 1.70. The van der Waals surface area contributed by atoms with Crippen LogP contribution < -0.4 is 0 Å². The Balaban J connectivity index is 1.48. The van der Waals surface area contributed by atoms with Crippen molar-refractivity contribution in [3.8, 4) is 5.75 Å². The minimum absolute atomic E-state index is 0.164. The molecule has 5 nitrogen and oxygen atoms in total. The second kappa shape index (κ2) is 16.6. The monoisotopic (exact) mass is 677 g/mol. The van der Waals surface area contributed by atoms with Crippen molar-refractivity contribution in [1.82, 2.24) is 4.90 Å². The predicted octanol–water partition coefficient (Wildman–Crippen LogP) is 8.04. The van der Waals surface area contributed by atoms with E-state index in [1.807, 2.05) is 25.2 Å². The number of benzene rings is 2. The van der Waals surface area contributed by atoms with Crippen molar-refractivity contribution in [3.63, 3.8) is 0 Å². The minimum atomic E-state index is -5.57. The van der Waals surface area contributed by atoms with Gasteiger partial charge >= 0.3 is 12.1 Å². The first kappa shape index (κ1) is 37.3. The molecular formula is C33H44F5NO4S2. The quantitative estimate of drug-likeness (QED) is 0.104. The Morgan fingerprint density at radius 1 is 0.911 bits per heavy atom. The SMILES string of the molecule is CN(CCCCCCC1=C(c2cccc(S(C)(=O)=O)c2)CCCc2cc(O)ccc21)CCC[S+]([O-])CCCC(F)(F)C(F)(F)F. The minimum Gasteiger partial charge on any atom is -0.616 e. The van der Waals surface area contributed by atoms with Gasteiger partial charge in [0.05, 0.1) is 4.90 Å². The highest BCUT2D eigenvalue weighted by Crippen LogP contribution is 2.40. The number of unbranched alkanes of at least 4 members (excludes halogenated alkanes) is 3. The van der Waals surface area contributed by atoms with E-state index in [0.717, 1.165) is 80.2 Å². The van der Waals surface area contributed by atoms with Crippen molar-refractivity contribution in [2.24, 2.45) is 0 Å². The number of phenolic OH excluding ortho intramolecular Hbond substituents is 1. The van der Waals surface area contributed by atoms with Crippen LogP contribution in [0.4, 0.5) is 22.0 Å². The molecule has 1 unspecified atom stereocenters. The molecule has 0 saturated carbocycles. The highest BCUT2D eigenvalue weighted by Gasteiger charge is 2.56. The predicted molar refractivity (Wildman–Crippen MR) is 171 cm³/mol. The third-order valence-electron chi connectivity index (χ3n) is 8.17. The molecule has 1 N–H and O–H groups in total. The summed E-state index contributed by atoms with van der Waals surface area (Å²) in [5.74, 6) is -4.41. The number of aryl methyl sites for hydroxylation is 1. The average molecular weight is 678 g/mol. The summed E-state index contributed by atoms with van der Waals surface area (Å²) in [6.45, 7) is 1.50. The van der Waals surface area contributed by atoms with Crippen molar-refractivity contribution in [1.29, 1.82) is 0 Å². The summed E-state index contributed by atoms with van der Waals surface area (Å²) in [5.41, 5.74) is 5.46. The average Bonchev–Trinajstić information content (AvgIpc) is 3.12. The summed E-state index contributed by atoms with van der Waals surface area (Å²) >= 11 is -1.43. The molecule has 0 radical (unpaired) electrons. The Bertz CT molecular complexity index is 1400. The van der Waals surface area contributed by atoms with Crippen molar-refractivity contribution in [2.45, 2.75) is 87.6 Å². The molecule has 0 bridgehead atoms. The number of fused-ring (bicyclic) bond motifs is 1. The highest BCUT2D eigenvalue weighted by molar-refractivity contribution is 7.91. The number of nitrogens with zero attached hydrogens (tertiary/aromatic N) is 1. The second-order valence-corrected chi connectivity index (χ2v) is 15.6. The number of rotatable bonds is 17. The van der Waals surface area contributed by atoms with Crippen molar-refractivity contribution in [2.75, 3.05) is 37.9 Å². The molecule has 2 aromatic rings. The van der Waals surface area contributed by atoms with Gasteiger partial charge in [-0.1, -0.05) is 42.2 Å². The third-order valence-corrected chi connectivity index (χ3v) is 10.8. The van der Waals surface area contributed by atoms with Gasteiger partial charge in [0.15, 0.2) is 9.84 Å².